The number of amidine groups is 1. The Morgan fingerprint density at radius 3 is 0.875 bits per heavy atom. The van der Waals surface area contributed by atoms with E-state index in [2.05, 4.69) is 17.2 Å². The van der Waals surface area contributed by atoms with E-state index in [1.165, 1.54) is 109 Å². The van der Waals surface area contributed by atoms with Gasteiger partial charge >= 0.3 is 14.1 Å². The number of aliphatic imine (C=N–C) groups is 1. The van der Waals surface area contributed by atoms with Crippen LogP contribution in [0.4, 0.5) is 65.9 Å². The van der Waals surface area contributed by atoms with Crippen molar-refractivity contribution in [1.29, 1.82) is 0 Å². The number of hydrogen-bond acceptors (Lipinski definition) is 2. The van der Waals surface area contributed by atoms with E-state index in [4.69, 9.17) is 0 Å². The van der Waals surface area contributed by atoms with Crippen LogP contribution in [0.1, 0.15) is 110 Å². The number of nitrogens with zero attached hydrogens (tertiary/aromatic N) is 1. The zero-order valence-electron chi connectivity index (χ0n) is 30.4. The molecule has 0 aliphatic carbocycles. The van der Waals surface area contributed by atoms with Crippen molar-refractivity contribution in [3.05, 3.63) is 87.3 Å². The predicted molar refractivity (Wildman–Crippen MR) is 183 cm³/mol. The molecule has 4 rings (SSSR count). The third-order valence-electron chi connectivity index (χ3n) is 9.36. The minimum Gasteiger partial charge on any atom is -0.372 e. The van der Waals surface area contributed by atoms with Crippen LogP contribution in [-0.2, 0) is 0 Å². The summed E-state index contributed by atoms with van der Waals surface area (Å²) in [4.78, 5) is 4.44. The molecule has 18 heteroatoms. The number of nitrogens with one attached hydrogen (secondary N) is 1. The van der Waals surface area contributed by atoms with Gasteiger partial charge in [0.25, 0.3) is 0 Å². The van der Waals surface area contributed by atoms with Crippen molar-refractivity contribution in [3.8, 4) is 0 Å². The Labute approximate surface area is 319 Å². The molecule has 3 aromatic carbocycles. The zero-order chi connectivity index (χ0) is 41.7. The van der Waals surface area contributed by atoms with E-state index in [9.17, 15) is 65.9 Å². The molecule has 3 aromatic rings. The Morgan fingerprint density at radius 2 is 0.625 bits per heavy atom. The molecule has 0 spiro atoms. The standard InChI is InChI=1S/C20H40N2.3C6F5.Al/c1-2-3-4-5-6-7-8-9-10-11-12-13-14-15-16-17-20-21-18-19-22-20;3*7-2-1-3(8)5(10)6(11)4(2)9;/h2-19H2,1H3,(H,21,22);;;;. The molecular weight excluding hydrogens is 796 g/mol. The number of benzene rings is 3. The van der Waals surface area contributed by atoms with Crippen molar-refractivity contribution in [2.45, 2.75) is 110 Å². The van der Waals surface area contributed by atoms with Gasteiger partial charge in [0.1, 0.15) is 0 Å². The van der Waals surface area contributed by atoms with E-state index in [1.54, 1.807) is 0 Å². The van der Waals surface area contributed by atoms with Crippen LogP contribution in [0.3, 0.4) is 0 Å². The van der Waals surface area contributed by atoms with E-state index in [0.29, 0.717) is 0 Å². The van der Waals surface area contributed by atoms with Crippen LogP contribution >= 0.6 is 0 Å². The first-order chi connectivity index (χ1) is 26.6. The molecule has 0 fully saturated rings. The Morgan fingerprint density at radius 1 is 0.375 bits per heavy atom. The van der Waals surface area contributed by atoms with Gasteiger partial charge in [-0.3, -0.25) is 4.99 Å². The first-order valence-corrected chi connectivity index (χ1v) is 20.1. The molecule has 0 aromatic heterocycles. The summed E-state index contributed by atoms with van der Waals surface area (Å²) in [6.45, 7) is 4.35. The van der Waals surface area contributed by atoms with Crippen LogP contribution in [0.5, 0.6) is 0 Å². The average Bonchev–Trinajstić information content (AvgIpc) is 3.71. The summed E-state index contributed by atoms with van der Waals surface area (Å²) in [7, 11) is 0. The van der Waals surface area contributed by atoms with Gasteiger partial charge in [0, 0.05) is 13.0 Å². The lowest BCUT2D eigenvalue weighted by molar-refractivity contribution is 0.380. The molecule has 1 aliphatic heterocycles. The molecule has 0 amide bonds. The molecule has 1 aliphatic rings. The molecule has 0 atom stereocenters. The fraction of sp³-hybridized carbons (Fsp3) is 0.500. The van der Waals surface area contributed by atoms with E-state index in [0.717, 1.165) is 13.1 Å². The van der Waals surface area contributed by atoms with Gasteiger partial charge in [0.05, 0.1) is 12.4 Å². The quantitative estimate of drug-likeness (QED) is 0.0420. The zero-order valence-corrected chi connectivity index (χ0v) is 31.6. The lowest BCUT2D eigenvalue weighted by Crippen LogP contribution is -2.60. The highest BCUT2D eigenvalue weighted by Crippen LogP contribution is 2.24. The van der Waals surface area contributed by atoms with Crippen molar-refractivity contribution in [3.63, 3.8) is 0 Å². The minimum atomic E-state index is -5.96. The second-order valence-electron chi connectivity index (χ2n) is 13.3. The van der Waals surface area contributed by atoms with Crippen molar-refractivity contribution >= 4 is 33.3 Å². The smallest absolute Gasteiger partial charge is 0.372 e. The number of halogens is 15. The Bertz CT molecular complexity index is 1580. The number of rotatable bonds is 19. The van der Waals surface area contributed by atoms with Crippen LogP contribution < -0.4 is 18.6 Å². The van der Waals surface area contributed by atoms with Crippen LogP contribution in [-0.4, -0.2) is 33.1 Å². The summed E-state index contributed by atoms with van der Waals surface area (Å²) in [5, 5.41) is 3.36. The molecule has 0 unspecified atom stereocenters. The largest absolute Gasteiger partial charge is 0.413 e. The summed E-state index contributed by atoms with van der Waals surface area (Å²) >= 11 is -5.96. The molecule has 0 radical (unpaired) electrons. The van der Waals surface area contributed by atoms with Crippen LogP contribution in [0.2, 0.25) is 0 Å². The Hall–Kier alpha value is -3.39. The Balaban J connectivity index is 0.000000331. The van der Waals surface area contributed by atoms with Crippen molar-refractivity contribution in [1.82, 2.24) is 5.32 Å². The van der Waals surface area contributed by atoms with Crippen molar-refractivity contribution < 1.29 is 65.9 Å². The molecule has 0 saturated carbocycles. The van der Waals surface area contributed by atoms with Gasteiger partial charge in [-0.1, -0.05) is 96.8 Å². The maximum Gasteiger partial charge on any atom is 0.413 e. The summed E-state index contributed by atoms with van der Waals surface area (Å²) in [5.74, 6) is -43.3. The number of unbranched alkanes of at least 4 members (excludes halogenated alkanes) is 14. The monoisotopic (exact) mass is 836 g/mol. The first-order valence-electron chi connectivity index (χ1n) is 18.4. The average molecular weight is 837 g/mol. The summed E-state index contributed by atoms with van der Waals surface area (Å²) < 4.78 is 201. The van der Waals surface area contributed by atoms with Crippen molar-refractivity contribution in [2.75, 3.05) is 13.1 Å². The lowest BCUT2D eigenvalue weighted by Gasteiger charge is -2.20. The predicted octanol–water partition coefficient (Wildman–Crippen LogP) is 10.5. The highest BCUT2D eigenvalue weighted by atomic mass is 27.2. The van der Waals surface area contributed by atoms with Gasteiger partial charge in [-0.25, -0.2) is 65.9 Å². The molecule has 56 heavy (non-hydrogen) atoms. The SMILES string of the molecule is CCCCCCCCCCCCCCCCCC1=NCCN1.Fc1c(F)c(F)[c]([Al]([c]2c(F)c(F)c(F)c(F)c2F)[c]2c(F)c(F)c(F)c(F)c2F)c(F)c1F. The maximum absolute atomic E-state index is 14.4. The van der Waals surface area contributed by atoms with E-state index >= 15 is 0 Å². The van der Waals surface area contributed by atoms with Gasteiger partial charge in [0.2, 0.25) is 0 Å². The van der Waals surface area contributed by atoms with Gasteiger partial charge in [-0.05, 0) is 19.7 Å². The fourth-order valence-corrected chi connectivity index (χ4v) is 9.48. The molecule has 1 heterocycles. The van der Waals surface area contributed by atoms with Gasteiger partial charge < -0.3 is 5.32 Å². The molecule has 0 saturated heterocycles. The second-order valence-corrected chi connectivity index (χ2v) is 15.9. The third kappa shape index (κ3) is 11.4. The molecular formula is C38H40AlF15N2. The first kappa shape index (κ1) is 47.0. The van der Waals surface area contributed by atoms with Crippen LogP contribution in [0.25, 0.3) is 0 Å². The normalized spacial score (nSPS) is 12.5. The number of hydrogen-bond donors (Lipinski definition) is 1. The van der Waals surface area contributed by atoms with Crippen LogP contribution in [0, 0.1) is 87.3 Å². The van der Waals surface area contributed by atoms with Crippen molar-refractivity contribution in [2.24, 2.45) is 4.99 Å². The summed E-state index contributed by atoms with van der Waals surface area (Å²) in [6.07, 6.45) is 22.8. The van der Waals surface area contributed by atoms with E-state index in [1.807, 2.05) is 0 Å². The molecule has 2 nitrogen and oxygen atoms in total. The lowest BCUT2D eigenvalue weighted by atomic mass is 10.0. The van der Waals surface area contributed by atoms with E-state index < -0.39 is 115 Å². The highest BCUT2D eigenvalue weighted by Gasteiger charge is 2.47. The fourth-order valence-electron chi connectivity index (χ4n) is 6.34. The second kappa shape index (κ2) is 22.5. The topological polar surface area (TPSA) is 24.4 Å². The molecule has 1 N–H and O–H groups in total. The molecule has 0 bridgehead atoms. The summed E-state index contributed by atoms with van der Waals surface area (Å²) in [5.41, 5.74) is 0. The van der Waals surface area contributed by atoms with E-state index in [-0.39, 0.29) is 0 Å². The van der Waals surface area contributed by atoms with Gasteiger partial charge in [-0.2, -0.15) is 0 Å². The van der Waals surface area contributed by atoms with Gasteiger partial charge in [0.15, 0.2) is 87.3 Å². The highest BCUT2D eigenvalue weighted by molar-refractivity contribution is 6.95. The maximum atomic E-state index is 14.4. The Kier molecular flexibility index (Phi) is 18.9. The van der Waals surface area contributed by atoms with Gasteiger partial charge in [-0.15, -0.1) is 0 Å². The third-order valence-corrected chi connectivity index (χ3v) is 12.6. The van der Waals surface area contributed by atoms with Crippen LogP contribution in [0.15, 0.2) is 4.99 Å². The molecule has 310 valence electrons. The minimum absolute atomic E-state index is 0.994. The summed E-state index contributed by atoms with van der Waals surface area (Å²) in [6, 6.07) is 0.